The number of nitrogens with zero attached hydrogens (tertiary/aromatic N) is 3. The van der Waals surface area contributed by atoms with E-state index in [1.807, 2.05) is 6.92 Å². The molecule has 2 aromatic heterocycles. The van der Waals surface area contributed by atoms with Crippen LogP contribution in [0.2, 0.25) is 0 Å². The van der Waals surface area contributed by atoms with Gasteiger partial charge in [-0.15, -0.1) is 21.6 Å². The Bertz CT molecular complexity index is 934. The molecule has 0 saturated carbocycles. The lowest BCUT2D eigenvalue weighted by Gasteiger charge is -2.00. The van der Waals surface area contributed by atoms with Gasteiger partial charge in [0, 0.05) is 5.38 Å². The number of aromatic hydroxyl groups is 1. The Kier molecular flexibility index (Phi) is 4.94. The van der Waals surface area contributed by atoms with Gasteiger partial charge in [0.05, 0.1) is 17.7 Å². The average Bonchev–Trinajstić information content (AvgIpc) is 3.03. The van der Waals surface area contributed by atoms with Gasteiger partial charge in [-0.25, -0.2) is 19.6 Å². The van der Waals surface area contributed by atoms with Crippen LogP contribution in [0.1, 0.15) is 12.6 Å². The number of rotatable bonds is 6. The van der Waals surface area contributed by atoms with Gasteiger partial charge < -0.3 is 9.52 Å². The molecular formula is C15H13N3O5S. The number of para-hydroxylation sites is 1. The lowest BCUT2D eigenvalue weighted by molar-refractivity contribution is -0.301. The molecule has 2 heterocycles. The van der Waals surface area contributed by atoms with Crippen molar-refractivity contribution in [3.8, 4) is 5.75 Å². The van der Waals surface area contributed by atoms with E-state index >= 15 is 0 Å². The summed E-state index contributed by atoms with van der Waals surface area (Å²) >= 11 is 1.22. The first kappa shape index (κ1) is 16.2. The smallest absolute Gasteiger partial charge is 0.368 e. The average molecular weight is 347 g/mol. The fourth-order valence-corrected chi connectivity index (χ4v) is 2.52. The second-order valence-electron chi connectivity index (χ2n) is 4.57. The maximum Gasteiger partial charge on any atom is 0.368 e. The van der Waals surface area contributed by atoms with Crippen LogP contribution in [0.15, 0.2) is 49.1 Å². The highest BCUT2D eigenvalue weighted by Gasteiger charge is 2.13. The van der Waals surface area contributed by atoms with Gasteiger partial charge in [0.15, 0.2) is 5.75 Å². The second kappa shape index (κ2) is 7.30. The van der Waals surface area contributed by atoms with Gasteiger partial charge in [0.1, 0.15) is 12.2 Å². The van der Waals surface area contributed by atoms with Crippen LogP contribution in [0.5, 0.6) is 5.75 Å². The molecule has 0 atom stereocenters. The Balaban J connectivity index is 1.84. The molecule has 8 nitrogen and oxygen atoms in total. The van der Waals surface area contributed by atoms with Crippen LogP contribution in [0.3, 0.4) is 0 Å². The Morgan fingerprint density at radius 1 is 1.29 bits per heavy atom. The third-order valence-electron chi connectivity index (χ3n) is 2.95. The third-order valence-corrected chi connectivity index (χ3v) is 3.72. The zero-order valence-electron chi connectivity index (χ0n) is 12.6. The summed E-state index contributed by atoms with van der Waals surface area (Å²) < 4.78 is 5.11. The molecule has 0 radical (unpaired) electrons. The van der Waals surface area contributed by atoms with Crippen molar-refractivity contribution in [2.45, 2.75) is 13.5 Å². The molecule has 0 bridgehead atoms. The summed E-state index contributed by atoms with van der Waals surface area (Å²) in [5, 5.41) is 20.3. The fraction of sp³-hybridized carbons (Fsp3) is 0.200. The minimum Gasteiger partial charge on any atom is -0.505 e. The summed E-state index contributed by atoms with van der Waals surface area (Å²) in [5.41, 5.74) is -0.136. The van der Waals surface area contributed by atoms with Crippen LogP contribution in [-0.2, 0) is 16.4 Å². The molecule has 0 unspecified atom stereocenters. The van der Waals surface area contributed by atoms with Gasteiger partial charge in [0.2, 0.25) is 10.8 Å². The molecule has 0 amide bonds. The van der Waals surface area contributed by atoms with Gasteiger partial charge in [-0.3, -0.25) is 0 Å². The molecule has 0 saturated heterocycles. The highest BCUT2D eigenvalue weighted by molar-refractivity contribution is 7.13. The summed E-state index contributed by atoms with van der Waals surface area (Å²) in [5.74, 6) is -0.276. The van der Waals surface area contributed by atoms with E-state index in [0.29, 0.717) is 22.8 Å². The first-order valence-electron chi connectivity index (χ1n) is 7.04. The lowest BCUT2D eigenvalue weighted by atomic mass is 10.2. The Labute approximate surface area is 139 Å². The van der Waals surface area contributed by atoms with Crippen molar-refractivity contribution in [2.75, 3.05) is 6.61 Å². The quantitative estimate of drug-likeness (QED) is 0.239. The molecule has 0 spiro atoms. The van der Waals surface area contributed by atoms with E-state index in [-0.39, 0.29) is 23.6 Å². The van der Waals surface area contributed by atoms with Crippen LogP contribution in [0, 0.1) is 0 Å². The van der Waals surface area contributed by atoms with Crippen molar-refractivity contribution in [1.82, 2.24) is 4.98 Å². The summed E-state index contributed by atoms with van der Waals surface area (Å²) in [6.07, 6.45) is 0. The van der Waals surface area contributed by atoms with Gasteiger partial charge in [-0.1, -0.05) is 12.1 Å². The van der Waals surface area contributed by atoms with Crippen molar-refractivity contribution in [2.24, 2.45) is 10.2 Å². The number of thiazole rings is 1. The molecule has 24 heavy (non-hydrogen) atoms. The van der Waals surface area contributed by atoms with E-state index < -0.39 is 5.63 Å². The highest BCUT2D eigenvalue weighted by atomic mass is 32.1. The highest BCUT2D eigenvalue weighted by Crippen LogP contribution is 2.32. The van der Waals surface area contributed by atoms with Crippen LogP contribution in [-0.4, -0.2) is 16.7 Å². The topological polar surface area (TPSA) is 107 Å². The van der Waals surface area contributed by atoms with Gasteiger partial charge >= 0.3 is 5.63 Å². The zero-order chi connectivity index (χ0) is 16.9. The molecule has 1 aromatic carbocycles. The molecule has 0 aliphatic heterocycles. The van der Waals surface area contributed by atoms with Crippen molar-refractivity contribution in [1.29, 1.82) is 0 Å². The Morgan fingerprint density at radius 3 is 2.96 bits per heavy atom. The predicted octanol–water partition coefficient (Wildman–Crippen LogP) is 3.84. The minimum atomic E-state index is -0.772. The van der Waals surface area contributed by atoms with Crippen molar-refractivity contribution < 1.29 is 19.3 Å². The fourth-order valence-electron chi connectivity index (χ4n) is 1.90. The molecule has 0 aliphatic carbocycles. The minimum absolute atomic E-state index is 0.184. The molecule has 9 heteroatoms. The van der Waals surface area contributed by atoms with E-state index in [2.05, 4.69) is 15.2 Å². The number of fused-ring (bicyclic) bond motifs is 1. The predicted molar refractivity (Wildman–Crippen MR) is 86.9 cm³/mol. The Morgan fingerprint density at radius 2 is 2.12 bits per heavy atom. The van der Waals surface area contributed by atoms with Gasteiger partial charge in [0.25, 0.3) is 0 Å². The van der Waals surface area contributed by atoms with Crippen molar-refractivity contribution in [3.05, 3.63) is 45.8 Å². The number of azo groups is 1. The van der Waals surface area contributed by atoms with Crippen LogP contribution >= 0.6 is 11.3 Å². The van der Waals surface area contributed by atoms with Gasteiger partial charge in [-0.05, 0) is 19.1 Å². The summed E-state index contributed by atoms with van der Waals surface area (Å²) in [4.78, 5) is 25.7. The normalized spacial score (nSPS) is 11.5. The van der Waals surface area contributed by atoms with E-state index in [1.165, 1.54) is 11.3 Å². The van der Waals surface area contributed by atoms with Crippen molar-refractivity contribution >= 4 is 33.1 Å². The first-order chi connectivity index (χ1) is 11.7. The molecule has 1 N–H and O–H groups in total. The molecule has 3 aromatic rings. The zero-order valence-corrected chi connectivity index (χ0v) is 13.4. The molecule has 0 fully saturated rings. The van der Waals surface area contributed by atoms with Crippen LogP contribution < -0.4 is 5.63 Å². The number of benzene rings is 1. The van der Waals surface area contributed by atoms with Crippen molar-refractivity contribution in [3.63, 3.8) is 0 Å². The van der Waals surface area contributed by atoms with Crippen LogP contribution in [0.4, 0.5) is 10.8 Å². The number of hydrogen-bond donors (Lipinski definition) is 1. The molecular weight excluding hydrogens is 334 g/mol. The summed E-state index contributed by atoms with van der Waals surface area (Å²) in [7, 11) is 0. The molecule has 124 valence electrons. The van der Waals surface area contributed by atoms with E-state index in [0.717, 1.165) is 0 Å². The molecule has 3 rings (SSSR count). The third kappa shape index (κ3) is 3.48. The monoisotopic (exact) mass is 347 g/mol. The SMILES string of the molecule is CCOOCc1csc(N=Nc2c(O)c3ccccc3oc2=O)n1. The summed E-state index contributed by atoms with van der Waals surface area (Å²) in [6, 6.07) is 6.63. The van der Waals surface area contributed by atoms with Crippen LogP contribution in [0.25, 0.3) is 11.0 Å². The maximum atomic E-state index is 11.9. The lowest BCUT2D eigenvalue weighted by Crippen LogP contribution is -1.98. The molecule has 0 aliphatic rings. The standard InChI is InChI=1S/C15H13N3O5S/c1-2-21-22-7-9-8-24-15(16-9)18-17-12-13(19)10-5-3-4-6-11(10)23-14(12)20/h3-6,8,19H,2,7H2,1H3. The maximum absolute atomic E-state index is 11.9. The second-order valence-corrected chi connectivity index (χ2v) is 5.41. The first-order valence-corrected chi connectivity index (χ1v) is 7.92. The van der Waals surface area contributed by atoms with E-state index in [4.69, 9.17) is 14.2 Å². The summed E-state index contributed by atoms with van der Waals surface area (Å²) in [6.45, 7) is 2.43. The van der Waals surface area contributed by atoms with Gasteiger partial charge in [-0.2, -0.15) is 0 Å². The Hall–Kier alpha value is -2.62. The number of hydrogen-bond acceptors (Lipinski definition) is 9. The van der Waals surface area contributed by atoms with E-state index in [9.17, 15) is 9.90 Å². The van der Waals surface area contributed by atoms with E-state index in [1.54, 1.807) is 29.6 Å². The largest absolute Gasteiger partial charge is 0.505 e. The number of aromatic nitrogens is 1.